The van der Waals surface area contributed by atoms with Gasteiger partial charge >= 0.3 is 0 Å². The molecule has 0 bridgehead atoms. The summed E-state index contributed by atoms with van der Waals surface area (Å²) in [5.74, 6) is -0.203. The van der Waals surface area contributed by atoms with Gasteiger partial charge in [0.1, 0.15) is 11.3 Å². The predicted octanol–water partition coefficient (Wildman–Crippen LogP) is 1.02. The molecule has 8 nitrogen and oxygen atoms in total. The molecule has 1 aromatic carbocycles. The second-order valence-corrected chi connectivity index (χ2v) is 8.15. The molecule has 2 N–H and O–H groups in total. The summed E-state index contributed by atoms with van der Waals surface area (Å²) < 4.78 is 41.8. The Balaban J connectivity index is 1.51. The molecular formula is C17H19FN6O2S. The lowest BCUT2D eigenvalue weighted by molar-refractivity contribution is 0.559. The van der Waals surface area contributed by atoms with Crippen molar-refractivity contribution in [3.63, 3.8) is 0 Å². The zero-order valence-electron chi connectivity index (χ0n) is 14.5. The van der Waals surface area contributed by atoms with Crippen molar-refractivity contribution in [3.05, 3.63) is 48.2 Å². The smallest absolute Gasteiger partial charge is 0.240 e. The van der Waals surface area contributed by atoms with Gasteiger partial charge in [-0.05, 0) is 37.2 Å². The van der Waals surface area contributed by atoms with Crippen LogP contribution >= 0.6 is 0 Å². The summed E-state index contributed by atoms with van der Waals surface area (Å²) in [6.07, 6.45) is 4.22. The van der Waals surface area contributed by atoms with Crippen molar-refractivity contribution in [1.82, 2.24) is 29.8 Å². The van der Waals surface area contributed by atoms with Crippen molar-refractivity contribution in [3.8, 4) is 0 Å². The number of fused-ring (bicyclic) bond motifs is 1. The molecule has 2 aromatic heterocycles. The molecule has 0 amide bonds. The van der Waals surface area contributed by atoms with Crippen molar-refractivity contribution in [2.45, 2.75) is 23.8 Å². The molecule has 1 saturated heterocycles. The molecule has 0 radical (unpaired) electrons. The first-order valence-corrected chi connectivity index (χ1v) is 10.2. The van der Waals surface area contributed by atoms with E-state index in [0.29, 0.717) is 12.2 Å². The average molecular weight is 390 g/mol. The van der Waals surface area contributed by atoms with Crippen LogP contribution in [0.5, 0.6) is 0 Å². The fourth-order valence-corrected chi connectivity index (χ4v) is 4.25. The summed E-state index contributed by atoms with van der Waals surface area (Å²) >= 11 is 0. The van der Waals surface area contributed by atoms with Crippen LogP contribution in [0.15, 0.2) is 41.6 Å². The minimum Gasteiger partial charge on any atom is -0.316 e. The van der Waals surface area contributed by atoms with Crippen LogP contribution in [0, 0.1) is 5.82 Å². The Morgan fingerprint density at radius 2 is 2.00 bits per heavy atom. The summed E-state index contributed by atoms with van der Waals surface area (Å²) in [6.45, 7) is 2.24. The quantitative estimate of drug-likeness (QED) is 0.652. The Morgan fingerprint density at radius 1 is 1.22 bits per heavy atom. The van der Waals surface area contributed by atoms with E-state index >= 15 is 0 Å². The molecule has 0 aliphatic carbocycles. The molecule has 0 saturated carbocycles. The molecule has 27 heavy (non-hydrogen) atoms. The molecule has 142 valence electrons. The number of nitrogens with one attached hydrogen (secondary N) is 2. The van der Waals surface area contributed by atoms with Gasteiger partial charge in [0.15, 0.2) is 5.65 Å². The summed E-state index contributed by atoms with van der Waals surface area (Å²) in [4.78, 5) is 8.79. The number of hydrogen-bond donors (Lipinski definition) is 2. The normalized spacial score (nSPS) is 17.6. The van der Waals surface area contributed by atoms with Crippen molar-refractivity contribution < 1.29 is 12.8 Å². The highest BCUT2D eigenvalue weighted by atomic mass is 32.2. The third kappa shape index (κ3) is 3.68. The monoisotopic (exact) mass is 390 g/mol. The third-order valence-electron chi connectivity index (χ3n) is 4.58. The molecule has 1 atom stereocenters. The Kier molecular flexibility index (Phi) is 4.85. The predicted molar refractivity (Wildman–Crippen MR) is 97.1 cm³/mol. The Hall–Kier alpha value is -2.43. The van der Waals surface area contributed by atoms with Gasteiger partial charge in [0.05, 0.1) is 17.1 Å². The Bertz CT molecular complexity index is 1040. The van der Waals surface area contributed by atoms with Crippen molar-refractivity contribution in [2.24, 2.45) is 0 Å². The van der Waals surface area contributed by atoms with Crippen molar-refractivity contribution in [2.75, 3.05) is 19.6 Å². The van der Waals surface area contributed by atoms with Crippen LogP contribution < -0.4 is 10.0 Å². The number of hydrogen-bond acceptors (Lipinski definition) is 6. The van der Waals surface area contributed by atoms with E-state index in [2.05, 4.69) is 25.1 Å². The highest BCUT2D eigenvalue weighted by Gasteiger charge is 2.24. The fraction of sp³-hybridized carbons (Fsp3) is 0.353. The minimum absolute atomic E-state index is 0.0201. The lowest BCUT2D eigenvalue weighted by Crippen LogP contribution is -2.27. The first kappa shape index (κ1) is 18.0. The SMILES string of the molecule is O=S(=O)(NCCn1nc([C@@H]2CCNC2)c2nccnc21)c1ccc(F)cc1. The second kappa shape index (κ2) is 7.29. The van der Waals surface area contributed by atoms with Crippen LogP contribution in [0.4, 0.5) is 4.39 Å². The lowest BCUT2D eigenvalue weighted by Gasteiger charge is -2.07. The zero-order valence-corrected chi connectivity index (χ0v) is 15.3. The van der Waals surface area contributed by atoms with Crippen LogP contribution in [0.25, 0.3) is 11.2 Å². The van der Waals surface area contributed by atoms with E-state index in [1.54, 1.807) is 17.1 Å². The topological polar surface area (TPSA) is 102 Å². The maximum atomic E-state index is 13.0. The molecule has 3 aromatic rings. The first-order valence-electron chi connectivity index (χ1n) is 8.68. The standard InChI is InChI=1S/C17H19FN6O2S/c18-13-1-3-14(4-2-13)27(25,26)22-9-10-24-17-16(20-7-8-21-17)15(23-24)12-5-6-19-11-12/h1-4,7-8,12,19,22H,5-6,9-11H2/t12-/m1/s1. The van der Waals surface area contributed by atoms with E-state index in [1.807, 2.05) is 0 Å². The van der Waals surface area contributed by atoms with Gasteiger partial charge in [-0.1, -0.05) is 0 Å². The maximum Gasteiger partial charge on any atom is 0.240 e. The lowest BCUT2D eigenvalue weighted by atomic mass is 10.0. The molecule has 1 aliphatic rings. The van der Waals surface area contributed by atoms with E-state index in [1.165, 1.54) is 12.1 Å². The highest BCUT2D eigenvalue weighted by molar-refractivity contribution is 7.89. The third-order valence-corrected chi connectivity index (χ3v) is 6.06. The van der Waals surface area contributed by atoms with Crippen molar-refractivity contribution in [1.29, 1.82) is 0 Å². The Labute approximate surface area is 155 Å². The number of sulfonamides is 1. The van der Waals surface area contributed by atoms with Gasteiger partial charge < -0.3 is 5.32 Å². The van der Waals surface area contributed by atoms with E-state index < -0.39 is 15.8 Å². The Morgan fingerprint density at radius 3 is 2.74 bits per heavy atom. The molecule has 1 fully saturated rings. The summed E-state index contributed by atoms with van der Waals surface area (Å²) in [5, 5.41) is 7.96. The highest BCUT2D eigenvalue weighted by Crippen LogP contribution is 2.26. The minimum atomic E-state index is -3.71. The molecule has 4 rings (SSSR count). The molecule has 3 heterocycles. The number of nitrogens with zero attached hydrogens (tertiary/aromatic N) is 4. The molecule has 1 aliphatic heterocycles. The summed E-state index contributed by atoms with van der Waals surface area (Å²) in [6, 6.07) is 4.70. The van der Waals surface area contributed by atoms with E-state index in [0.717, 1.165) is 42.9 Å². The van der Waals surface area contributed by atoms with Crippen LogP contribution in [0.2, 0.25) is 0 Å². The van der Waals surface area contributed by atoms with Gasteiger partial charge in [-0.15, -0.1) is 0 Å². The van der Waals surface area contributed by atoms with Crippen LogP contribution in [-0.4, -0.2) is 47.8 Å². The average Bonchev–Trinajstić information content (AvgIpc) is 3.30. The van der Waals surface area contributed by atoms with Crippen LogP contribution in [-0.2, 0) is 16.6 Å². The molecular weight excluding hydrogens is 371 g/mol. The van der Waals surface area contributed by atoms with Gasteiger partial charge in [0, 0.05) is 31.4 Å². The second-order valence-electron chi connectivity index (χ2n) is 6.38. The number of rotatable bonds is 6. The van der Waals surface area contributed by atoms with Gasteiger partial charge in [0.2, 0.25) is 10.0 Å². The van der Waals surface area contributed by atoms with Crippen molar-refractivity contribution >= 4 is 21.2 Å². The largest absolute Gasteiger partial charge is 0.316 e. The van der Waals surface area contributed by atoms with Gasteiger partial charge in [-0.2, -0.15) is 5.10 Å². The number of aromatic nitrogens is 4. The maximum absolute atomic E-state index is 13.0. The number of halogens is 1. The van der Waals surface area contributed by atoms with Crippen LogP contribution in [0.3, 0.4) is 0 Å². The van der Waals surface area contributed by atoms with Gasteiger partial charge in [-0.25, -0.2) is 32.2 Å². The van der Waals surface area contributed by atoms with Gasteiger partial charge in [-0.3, -0.25) is 0 Å². The van der Waals surface area contributed by atoms with E-state index in [-0.39, 0.29) is 17.4 Å². The van der Waals surface area contributed by atoms with Crippen LogP contribution in [0.1, 0.15) is 18.0 Å². The number of benzene rings is 1. The molecule has 10 heteroatoms. The molecule has 0 spiro atoms. The van der Waals surface area contributed by atoms with E-state index in [9.17, 15) is 12.8 Å². The van der Waals surface area contributed by atoms with Gasteiger partial charge in [0.25, 0.3) is 0 Å². The first-order chi connectivity index (χ1) is 13.0. The summed E-state index contributed by atoms with van der Waals surface area (Å²) in [7, 11) is -3.71. The molecule has 0 unspecified atom stereocenters. The summed E-state index contributed by atoms with van der Waals surface area (Å²) in [5.41, 5.74) is 2.29. The fourth-order valence-electron chi connectivity index (χ4n) is 3.23. The van der Waals surface area contributed by atoms with E-state index in [4.69, 9.17) is 0 Å². The zero-order chi connectivity index (χ0) is 18.9.